The highest BCUT2D eigenvalue weighted by atomic mass is 32.2. The van der Waals surface area contributed by atoms with Crippen LogP contribution in [-0.4, -0.2) is 13.0 Å². The van der Waals surface area contributed by atoms with Gasteiger partial charge in [0, 0.05) is 24.3 Å². The number of sulfonamides is 1. The maximum absolute atomic E-state index is 12.6. The van der Waals surface area contributed by atoms with Gasteiger partial charge in [0.15, 0.2) is 0 Å². The highest BCUT2D eigenvalue weighted by molar-refractivity contribution is 7.89. The molecular formula is C18H24N2O3S. The lowest BCUT2D eigenvalue weighted by molar-refractivity contribution is 0.578. The van der Waals surface area contributed by atoms with Crippen molar-refractivity contribution in [1.29, 1.82) is 0 Å². The summed E-state index contributed by atoms with van der Waals surface area (Å²) >= 11 is 0. The van der Waals surface area contributed by atoms with E-state index in [1.807, 2.05) is 33.8 Å². The minimum absolute atomic E-state index is 0.00906. The summed E-state index contributed by atoms with van der Waals surface area (Å²) in [5.74, 6) is 0. The van der Waals surface area contributed by atoms with E-state index in [1.165, 1.54) is 0 Å². The van der Waals surface area contributed by atoms with Crippen molar-refractivity contribution < 1.29 is 8.42 Å². The number of rotatable bonds is 6. The third-order valence-electron chi connectivity index (χ3n) is 4.05. The topological polar surface area (TPSA) is 68.2 Å². The van der Waals surface area contributed by atoms with Gasteiger partial charge in [0.25, 0.3) is 5.56 Å². The van der Waals surface area contributed by atoms with Gasteiger partial charge in [-0.15, -0.1) is 0 Å². The molecule has 0 saturated heterocycles. The van der Waals surface area contributed by atoms with Crippen LogP contribution in [0.2, 0.25) is 0 Å². The summed E-state index contributed by atoms with van der Waals surface area (Å²) in [7, 11) is -3.64. The average molecular weight is 348 g/mol. The van der Waals surface area contributed by atoms with E-state index in [-0.39, 0.29) is 17.0 Å². The van der Waals surface area contributed by atoms with E-state index in [0.717, 1.165) is 23.2 Å². The van der Waals surface area contributed by atoms with Crippen molar-refractivity contribution in [3.05, 3.63) is 63.1 Å². The van der Waals surface area contributed by atoms with Crippen LogP contribution >= 0.6 is 0 Å². The minimum atomic E-state index is -3.64. The number of pyridine rings is 1. The van der Waals surface area contributed by atoms with Crippen LogP contribution in [0.3, 0.4) is 0 Å². The summed E-state index contributed by atoms with van der Waals surface area (Å²) in [4.78, 5) is 12.8. The quantitative estimate of drug-likeness (QED) is 0.873. The molecular weight excluding hydrogens is 324 g/mol. The van der Waals surface area contributed by atoms with Gasteiger partial charge in [-0.2, -0.15) is 0 Å². The van der Waals surface area contributed by atoms with Gasteiger partial charge in [0.2, 0.25) is 10.0 Å². The van der Waals surface area contributed by atoms with Crippen molar-refractivity contribution in [2.75, 3.05) is 0 Å². The van der Waals surface area contributed by atoms with E-state index >= 15 is 0 Å². The average Bonchev–Trinajstić information content (AvgIpc) is 2.51. The maximum atomic E-state index is 12.6. The monoisotopic (exact) mass is 348 g/mol. The van der Waals surface area contributed by atoms with E-state index in [9.17, 15) is 13.2 Å². The molecule has 24 heavy (non-hydrogen) atoms. The number of aryl methyl sites for hydroxylation is 3. The van der Waals surface area contributed by atoms with Gasteiger partial charge in [-0.25, -0.2) is 13.1 Å². The zero-order chi connectivity index (χ0) is 17.9. The first kappa shape index (κ1) is 18.4. The number of aromatic nitrogens is 1. The molecule has 1 heterocycles. The first-order valence-corrected chi connectivity index (χ1v) is 9.51. The molecule has 2 aromatic rings. The second-order valence-electron chi connectivity index (χ2n) is 6.04. The second-order valence-corrected chi connectivity index (χ2v) is 7.81. The van der Waals surface area contributed by atoms with Crippen molar-refractivity contribution in [2.24, 2.45) is 0 Å². The summed E-state index contributed by atoms with van der Waals surface area (Å²) in [6, 6.07) is 8.55. The van der Waals surface area contributed by atoms with Crippen LogP contribution in [0.1, 0.15) is 35.7 Å². The largest absolute Gasteiger partial charge is 0.313 e. The molecule has 1 aromatic heterocycles. The Hall–Kier alpha value is -1.92. The number of nitrogens with zero attached hydrogens (tertiary/aromatic N) is 1. The third kappa shape index (κ3) is 3.94. The van der Waals surface area contributed by atoms with E-state index in [0.29, 0.717) is 12.1 Å². The number of hydrogen-bond donors (Lipinski definition) is 1. The van der Waals surface area contributed by atoms with Crippen molar-refractivity contribution in [1.82, 2.24) is 9.29 Å². The zero-order valence-corrected chi connectivity index (χ0v) is 15.4. The van der Waals surface area contributed by atoms with E-state index in [2.05, 4.69) is 4.72 Å². The molecule has 0 aliphatic rings. The lowest BCUT2D eigenvalue weighted by atomic mass is 10.1. The Morgan fingerprint density at radius 3 is 2.29 bits per heavy atom. The molecule has 0 aliphatic heterocycles. The van der Waals surface area contributed by atoms with Gasteiger partial charge in [-0.3, -0.25) is 4.79 Å². The van der Waals surface area contributed by atoms with Crippen molar-refractivity contribution in [3.8, 4) is 0 Å². The Balaban J connectivity index is 2.30. The summed E-state index contributed by atoms with van der Waals surface area (Å²) in [6.45, 7) is 8.25. The lowest BCUT2D eigenvalue weighted by Gasteiger charge is -2.14. The number of benzene rings is 1. The van der Waals surface area contributed by atoms with Crippen LogP contribution in [0.5, 0.6) is 0 Å². The first-order chi connectivity index (χ1) is 11.3. The molecule has 0 unspecified atom stereocenters. The standard InChI is InChI=1S/C18H24N2O3S/c1-5-10-20-15(4)11-14(3)17(18(20)21)12-19-24(22,23)16-8-6-13(2)7-9-16/h6-9,11,19H,5,10,12H2,1-4H3. The van der Waals surface area contributed by atoms with Crippen molar-refractivity contribution in [2.45, 2.75) is 52.1 Å². The van der Waals surface area contributed by atoms with Gasteiger partial charge >= 0.3 is 0 Å². The Bertz CT molecular complexity index is 882. The van der Waals surface area contributed by atoms with Gasteiger partial charge in [0.05, 0.1) is 4.90 Å². The van der Waals surface area contributed by atoms with Crippen LogP contribution in [0.4, 0.5) is 0 Å². The summed E-state index contributed by atoms with van der Waals surface area (Å²) < 4.78 is 29.0. The molecule has 5 nitrogen and oxygen atoms in total. The van der Waals surface area contributed by atoms with Crippen molar-refractivity contribution >= 4 is 10.0 Å². The SMILES string of the molecule is CCCn1c(C)cc(C)c(CNS(=O)(=O)c2ccc(C)cc2)c1=O. The Morgan fingerprint density at radius 1 is 1.08 bits per heavy atom. The van der Waals surface area contributed by atoms with Gasteiger partial charge in [-0.1, -0.05) is 24.6 Å². The summed E-state index contributed by atoms with van der Waals surface area (Å²) in [5.41, 5.74) is 3.05. The zero-order valence-electron chi connectivity index (χ0n) is 14.6. The smallest absolute Gasteiger partial charge is 0.255 e. The lowest BCUT2D eigenvalue weighted by Crippen LogP contribution is -2.32. The Morgan fingerprint density at radius 2 is 1.71 bits per heavy atom. The van der Waals surface area contributed by atoms with Crippen LogP contribution in [-0.2, 0) is 23.1 Å². The molecule has 0 aliphatic carbocycles. The highest BCUT2D eigenvalue weighted by Crippen LogP contribution is 2.12. The highest BCUT2D eigenvalue weighted by Gasteiger charge is 2.16. The molecule has 2 rings (SSSR count). The van der Waals surface area contributed by atoms with Gasteiger partial charge in [-0.05, 0) is 51.0 Å². The fourth-order valence-electron chi connectivity index (χ4n) is 2.65. The van der Waals surface area contributed by atoms with Crippen LogP contribution in [0.25, 0.3) is 0 Å². The number of hydrogen-bond acceptors (Lipinski definition) is 3. The normalized spacial score (nSPS) is 11.7. The molecule has 0 spiro atoms. The van der Waals surface area contributed by atoms with Gasteiger partial charge < -0.3 is 4.57 Å². The predicted molar refractivity (Wildman–Crippen MR) is 95.7 cm³/mol. The minimum Gasteiger partial charge on any atom is -0.313 e. The molecule has 1 aromatic carbocycles. The first-order valence-electron chi connectivity index (χ1n) is 8.02. The molecule has 1 N–H and O–H groups in total. The Labute approximate surface area is 143 Å². The summed E-state index contributed by atoms with van der Waals surface area (Å²) in [6.07, 6.45) is 0.846. The van der Waals surface area contributed by atoms with Gasteiger partial charge in [0.1, 0.15) is 0 Å². The van der Waals surface area contributed by atoms with E-state index < -0.39 is 10.0 Å². The molecule has 130 valence electrons. The van der Waals surface area contributed by atoms with E-state index in [4.69, 9.17) is 0 Å². The third-order valence-corrected chi connectivity index (χ3v) is 5.47. The fraction of sp³-hybridized carbons (Fsp3) is 0.389. The molecule has 6 heteroatoms. The molecule has 0 radical (unpaired) electrons. The van der Waals surface area contributed by atoms with Crippen LogP contribution in [0.15, 0.2) is 40.0 Å². The maximum Gasteiger partial charge on any atom is 0.255 e. The van der Waals surface area contributed by atoms with Crippen LogP contribution < -0.4 is 10.3 Å². The van der Waals surface area contributed by atoms with E-state index in [1.54, 1.807) is 28.8 Å². The van der Waals surface area contributed by atoms with Crippen molar-refractivity contribution in [3.63, 3.8) is 0 Å². The molecule has 0 bridgehead atoms. The fourth-order valence-corrected chi connectivity index (χ4v) is 3.65. The summed E-state index contributed by atoms with van der Waals surface area (Å²) in [5, 5.41) is 0. The number of nitrogens with one attached hydrogen (secondary N) is 1. The molecule has 0 atom stereocenters. The molecule has 0 saturated carbocycles. The van der Waals surface area contributed by atoms with Crippen LogP contribution in [0, 0.1) is 20.8 Å². The second kappa shape index (κ2) is 7.32. The predicted octanol–water partition coefficient (Wildman–Crippen LogP) is 2.66. The molecule has 0 fully saturated rings. The molecule has 0 amide bonds. The Kier molecular flexibility index (Phi) is 5.62.